The Kier molecular flexibility index (Phi) is 5.68. The second-order valence-electron chi connectivity index (χ2n) is 5.64. The molecular weight excluding hydrogens is 302 g/mol. The van der Waals surface area contributed by atoms with Gasteiger partial charge in [-0.25, -0.2) is 0 Å². The first-order valence-electron chi connectivity index (χ1n) is 8.09. The molecule has 0 aliphatic carbocycles. The van der Waals surface area contributed by atoms with Crippen LogP contribution < -0.4 is 5.32 Å². The molecule has 0 radical (unpaired) electrons. The standard InChI is InChI=1S/C19H23N3O2/c1-5-22(6-2)19(24)16-10-15(11-20-12-16)18(23)21-17-9-7-8-13(3)14(17)4/h7-12H,5-6H2,1-4H3,(H,21,23). The van der Waals surface area contributed by atoms with Gasteiger partial charge in [-0.15, -0.1) is 0 Å². The molecule has 0 atom stereocenters. The van der Waals surface area contributed by atoms with Gasteiger partial charge in [0.15, 0.2) is 0 Å². The van der Waals surface area contributed by atoms with E-state index in [0.717, 1.165) is 16.8 Å². The number of rotatable bonds is 5. The lowest BCUT2D eigenvalue weighted by Gasteiger charge is -2.18. The smallest absolute Gasteiger partial charge is 0.257 e. The highest BCUT2D eigenvalue weighted by Gasteiger charge is 2.16. The molecule has 126 valence electrons. The van der Waals surface area contributed by atoms with Gasteiger partial charge in [0.25, 0.3) is 11.8 Å². The number of carbonyl (C=O) groups is 2. The van der Waals surface area contributed by atoms with Crippen LogP contribution in [-0.2, 0) is 0 Å². The van der Waals surface area contributed by atoms with E-state index in [1.54, 1.807) is 11.0 Å². The molecule has 1 aromatic heterocycles. The molecule has 2 aromatic rings. The minimum atomic E-state index is -0.273. The lowest BCUT2D eigenvalue weighted by molar-refractivity contribution is 0.0772. The van der Waals surface area contributed by atoms with Crippen LogP contribution in [0.15, 0.2) is 36.7 Å². The first-order valence-corrected chi connectivity index (χ1v) is 8.09. The van der Waals surface area contributed by atoms with Gasteiger partial charge >= 0.3 is 0 Å². The predicted molar refractivity (Wildman–Crippen MR) is 95.4 cm³/mol. The molecule has 24 heavy (non-hydrogen) atoms. The zero-order valence-electron chi connectivity index (χ0n) is 14.6. The Labute approximate surface area is 142 Å². The fourth-order valence-corrected chi connectivity index (χ4v) is 2.46. The molecule has 1 N–H and O–H groups in total. The maximum Gasteiger partial charge on any atom is 0.257 e. The van der Waals surface area contributed by atoms with Crippen molar-refractivity contribution in [2.45, 2.75) is 27.7 Å². The summed E-state index contributed by atoms with van der Waals surface area (Å²) in [6.07, 6.45) is 2.97. The Morgan fingerprint density at radius 3 is 2.42 bits per heavy atom. The molecule has 0 aliphatic heterocycles. The molecule has 0 aliphatic rings. The van der Waals surface area contributed by atoms with Crippen LogP contribution in [0, 0.1) is 13.8 Å². The number of anilines is 1. The van der Waals surface area contributed by atoms with Crippen LogP contribution in [0.3, 0.4) is 0 Å². The molecule has 1 aromatic carbocycles. The molecule has 0 unspecified atom stereocenters. The molecule has 0 fully saturated rings. The van der Waals surface area contributed by atoms with Gasteiger partial charge < -0.3 is 10.2 Å². The maximum absolute atomic E-state index is 12.5. The Morgan fingerprint density at radius 2 is 1.75 bits per heavy atom. The average Bonchev–Trinajstić information content (AvgIpc) is 2.60. The number of nitrogens with one attached hydrogen (secondary N) is 1. The second kappa shape index (κ2) is 7.73. The van der Waals surface area contributed by atoms with Gasteiger partial charge in [0.05, 0.1) is 11.1 Å². The average molecular weight is 325 g/mol. The van der Waals surface area contributed by atoms with Crippen LogP contribution in [0.25, 0.3) is 0 Å². The van der Waals surface area contributed by atoms with Crippen LogP contribution in [-0.4, -0.2) is 34.8 Å². The summed E-state index contributed by atoms with van der Waals surface area (Å²) in [5.41, 5.74) is 3.69. The summed E-state index contributed by atoms with van der Waals surface area (Å²) in [6.45, 7) is 9.04. The lowest BCUT2D eigenvalue weighted by Crippen LogP contribution is -2.30. The fraction of sp³-hybridized carbons (Fsp3) is 0.316. The number of pyridine rings is 1. The Hall–Kier alpha value is -2.69. The minimum absolute atomic E-state index is 0.117. The van der Waals surface area contributed by atoms with Crippen LogP contribution in [0.4, 0.5) is 5.69 Å². The minimum Gasteiger partial charge on any atom is -0.339 e. The first-order chi connectivity index (χ1) is 11.5. The van der Waals surface area contributed by atoms with E-state index >= 15 is 0 Å². The highest BCUT2D eigenvalue weighted by Crippen LogP contribution is 2.19. The maximum atomic E-state index is 12.5. The van der Waals surface area contributed by atoms with E-state index in [1.807, 2.05) is 45.9 Å². The number of hydrogen-bond donors (Lipinski definition) is 1. The predicted octanol–water partition coefficient (Wildman–Crippen LogP) is 3.43. The summed E-state index contributed by atoms with van der Waals surface area (Å²) < 4.78 is 0. The largest absolute Gasteiger partial charge is 0.339 e. The van der Waals surface area contributed by atoms with Crippen molar-refractivity contribution in [3.05, 3.63) is 58.9 Å². The van der Waals surface area contributed by atoms with Crippen molar-refractivity contribution >= 4 is 17.5 Å². The van der Waals surface area contributed by atoms with Gasteiger partial charge in [0.2, 0.25) is 0 Å². The summed E-state index contributed by atoms with van der Waals surface area (Å²) in [5.74, 6) is -0.390. The van der Waals surface area contributed by atoms with E-state index in [9.17, 15) is 9.59 Å². The van der Waals surface area contributed by atoms with Gasteiger partial charge in [-0.1, -0.05) is 12.1 Å². The number of carbonyl (C=O) groups excluding carboxylic acids is 2. The topological polar surface area (TPSA) is 62.3 Å². The van der Waals surface area contributed by atoms with Crippen molar-refractivity contribution in [2.24, 2.45) is 0 Å². The molecule has 0 bridgehead atoms. The molecule has 0 saturated heterocycles. The monoisotopic (exact) mass is 325 g/mol. The van der Waals surface area contributed by atoms with E-state index in [0.29, 0.717) is 24.2 Å². The summed E-state index contributed by atoms with van der Waals surface area (Å²) >= 11 is 0. The quantitative estimate of drug-likeness (QED) is 0.916. The van der Waals surface area contributed by atoms with Gasteiger partial charge in [-0.3, -0.25) is 14.6 Å². The highest BCUT2D eigenvalue weighted by molar-refractivity contribution is 6.06. The van der Waals surface area contributed by atoms with Gasteiger partial charge in [-0.2, -0.15) is 0 Å². The molecular formula is C19H23N3O2. The van der Waals surface area contributed by atoms with E-state index in [2.05, 4.69) is 10.3 Å². The third kappa shape index (κ3) is 3.79. The molecule has 5 nitrogen and oxygen atoms in total. The summed E-state index contributed by atoms with van der Waals surface area (Å²) in [4.78, 5) is 30.6. The molecule has 2 rings (SSSR count). The first kappa shape index (κ1) is 17.7. The van der Waals surface area contributed by atoms with E-state index in [-0.39, 0.29) is 11.8 Å². The number of aryl methyl sites for hydroxylation is 1. The highest BCUT2D eigenvalue weighted by atomic mass is 16.2. The molecule has 0 saturated carbocycles. The zero-order valence-corrected chi connectivity index (χ0v) is 14.6. The zero-order chi connectivity index (χ0) is 17.7. The van der Waals surface area contributed by atoms with Gasteiger partial charge in [-0.05, 0) is 51.0 Å². The van der Waals surface area contributed by atoms with Gasteiger partial charge in [0, 0.05) is 31.2 Å². The second-order valence-corrected chi connectivity index (χ2v) is 5.64. The lowest BCUT2D eigenvalue weighted by atomic mass is 10.1. The van der Waals surface area contributed by atoms with Crippen molar-refractivity contribution in [3.63, 3.8) is 0 Å². The van der Waals surface area contributed by atoms with Gasteiger partial charge in [0.1, 0.15) is 0 Å². The Bertz CT molecular complexity index is 752. The Morgan fingerprint density at radius 1 is 1.08 bits per heavy atom. The van der Waals surface area contributed by atoms with Crippen molar-refractivity contribution in [3.8, 4) is 0 Å². The van der Waals surface area contributed by atoms with Crippen LogP contribution in [0.2, 0.25) is 0 Å². The molecule has 0 spiro atoms. The van der Waals surface area contributed by atoms with Crippen LogP contribution in [0.1, 0.15) is 45.7 Å². The number of hydrogen-bond acceptors (Lipinski definition) is 3. The molecule has 5 heteroatoms. The Balaban J connectivity index is 2.23. The fourth-order valence-electron chi connectivity index (χ4n) is 2.46. The van der Waals surface area contributed by atoms with E-state index in [4.69, 9.17) is 0 Å². The third-order valence-corrected chi connectivity index (χ3v) is 4.15. The van der Waals surface area contributed by atoms with Crippen LogP contribution in [0.5, 0.6) is 0 Å². The summed E-state index contributed by atoms with van der Waals surface area (Å²) in [5, 5.41) is 2.89. The van der Waals surface area contributed by atoms with Crippen molar-refractivity contribution < 1.29 is 9.59 Å². The van der Waals surface area contributed by atoms with Crippen molar-refractivity contribution in [1.82, 2.24) is 9.88 Å². The van der Waals surface area contributed by atoms with Crippen molar-refractivity contribution in [1.29, 1.82) is 0 Å². The third-order valence-electron chi connectivity index (χ3n) is 4.15. The SMILES string of the molecule is CCN(CC)C(=O)c1cncc(C(=O)Nc2cccc(C)c2C)c1. The molecule has 2 amide bonds. The normalized spacial score (nSPS) is 10.3. The van der Waals surface area contributed by atoms with Crippen LogP contribution >= 0.6 is 0 Å². The molecule has 1 heterocycles. The van der Waals surface area contributed by atoms with E-state index in [1.165, 1.54) is 12.4 Å². The van der Waals surface area contributed by atoms with E-state index < -0.39 is 0 Å². The summed E-state index contributed by atoms with van der Waals surface area (Å²) in [6, 6.07) is 7.35. The number of nitrogens with zero attached hydrogens (tertiary/aromatic N) is 2. The van der Waals surface area contributed by atoms with Crippen molar-refractivity contribution in [2.75, 3.05) is 18.4 Å². The number of aromatic nitrogens is 1. The number of benzene rings is 1. The summed E-state index contributed by atoms with van der Waals surface area (Å²) in [7, 11) is 0. The number of amides is 2.